The maximum atomic E-state index is 12.1. The maximum absolute atomic E-state index is 12.1. The Morgan fingerprint density at radius 1 is 1.10 bits per heavy atom. The number of hydrogen-bond donors (Lipinski definition) is 2. The molecule has 0 aromatic carbocycles. The number of carbonyl (C=O) groups is 2. The van der Waals surface area contributed by atoms with Crippen LogP contribution in [0.3, 0.4) is 0 Å². The van der Waals surface area contributed by atoms with Crippen molar-refractivity contribution >= 4 is 12.0 Å². The SMILES string of the molecule is CC(C)(C)OC(=O)NNC(=O)[C@@H]1CCCN1C(C)(C)C. The first-order chi connectivity index (χ1) is 9.00. The van der Waals surface area contributed by atoms with Crippen molar-refractivity contribution in [2.24, 2.45) is 0 Å². The molecule has 2 N–H and O–H groups in total. The molecular weight excluding hydrogens is 258 g/mol. The van der Waals surface area contributed by atoms with Crippen molar-refractivity contribution in [2.45, 2.75) is 71.6 Å². The fraction of sp³-hybridized carbons (Fsp3) is 0.857. The number of amides is 2. The predicted octanol–water partition coefficient (Wildman–Crippen LogP) is 1.81. The van der Waals surface area contributed by atoms with Gasteiger partial charge in [0.05, 0.1) is 6.04 Å². The molecule has 0 bridgehead atoms. The standard InChI is InChI=1S/C14H27N3O3/c1-13(2,3)17-9-7-8-10(17)11(18)15-16-12(19)20-14(4,5)6/h10H,7-9H2,1-6H3,(H,15,18)(H,16,19)/t10-/m0/s1. The van der Waals surface area contributed by atoms with Crippen molar-refractivity contribution in [3.63, 3.8) is 0 Å². The molecule has 1 atom stereocenters. The number of hydrazine groups is 1. The van der Waals surface area contributed by atoms with Gasteiger partial charge in [0.1, 0.15) is 5.60 Å². The maximum Gasteiger partial charge on any atom is 0.426 e. The van der Waals surface area contributed by atoms with E-state index < -0.39 is 11.7 Å². The van der Waals surface area contributed by atoms with E-state index in [9.17, 15) is 9.59 Å². The van der Waals surface area contributed by atoms with Gasteiger partial charge in [-0.2, -0.15) is 0 Å². The number of likely N-dealkylation sites (tertiary alicyclic amines) is 1. The Morgan fingerprint density at radius 3 is 2.20 bits per heavy atom. The largest absolute Gasteiger partial charge is 0.443 e. The molecule has 0 aliphatic carbocycles. The first kappa shape index (κ1) is 16.8. The summed E-state index contributed by atoms with van der Waals surface area (Å²) in [4.78, 5) is 25.8. The topological polar surface area (TPSA) is 70.7 Å². The smallest absolute Gasteiger partial charge is 0.426 e. The lowest BCUT2D eigenvalue weighted by Crippen LogP contribution is -2.55. The van der Waals surface area contributed by atoms with Crippen LogP contribution >= 0.6 is 0 Å². The summed E-state index contributed by atoms with van der Waals surface area (Å²) in [6.45, 7) is 12.5. The van der Waals surface area contributed by atoms with Gasteiger partial charge in [0.15, 0.2) is 0 Å². The van der Waals surface area contributed by atoms with Crippen molar-refractivity contribution in [3.8, 4) is 0 Å². The highest BCUT2D eigenvalue weighted by atomic mass is 16.6. The fourth-order valence-electron chi connectivity index (χ4n) is 2.34. The molecule has 0 aromatic heterocycles. The Hall–Kier alpha value is -1.30. The second-order valence-corrected chi connectivity index (χ2v) is 7.14. The summed E-state index contributed by atoms with van der Waals surface area (Å²) >= 11 is 0. The molecule has 1 fully saturated rings. The van der Waals surface area contributed by atoms with Gasteiger partial charge in [0, 0.05) is 5.54 Å². The number of nitrogens with zero attached hydrogens (tertiary/aromatic N) is 1. The highest BCUT2D eigenvalue weighted by Crippen LogP contribution is 2.26. The molecule has 6 nitrogen and oxygen atoms in total. The fourth-order valence-corrected chi connectivity index (χ4v) is 2.34. The molecule has 0 aromatic rings. The number of ether oxygens (including phenoxy) is 1. The lowest BCUT2D eigenvalue weighted by molar-refractivity contribution is -0.128. The number of rotatable bonds is 1. The quantitative estimate of drug-likeness (QED) is 0.721. The van der Waals surface area contributed by atoms with E-state index >= 15 is 0 Å². The van der Waals surface area contributed by atoms with Crippen LogP contribution in [0.1, 0.15) is 54.4 Å². The summed E-state index contributed by atoms with van der Waals surface area (Å²) in [5.74, 6) is -0.191. The molecule has 0 spiro atoms. The predicted molar refractivity (Wildman–Crippen MR) is 77.0 cm³/mol. The summed E-state index contributed by atoms with van der Waals surface area (Å²) in [6.07, 6.45) is 1.15. The molecule has 1 aliphatic rings. The van der Waals surface area contributed by atoms with Crippen LogP contribution in [0.15, 0.2) is 0 Å². The zero-order chi connectivity index (χ0) is 15.6. The third-order valence-corrected chi connectivity index (χ3v) is 3.10. The summed E-state index contributed by atoms with van der Waals surface area (Å²) in [6, 6.07) is -0.204. The van der Waals surface area contributed by atoms with Gasteiger partial charge in [-0.3, -0.25) is 15.1 Å². The van der Waals surface area contributed by atoms with Crippen LogP contribution in [-0.2, 0) is 9.53 Å². The lowest BCUT2D eigenvalue weighted by Gasteiger charge is -2.36. The second-order valence-electron chi connectivity index (χ2n) is 7.14. The second kappa shape index (κ2) is 5.99. The van der Waals surface area contributed by atoms with Crippen LogP contribution in [0.4, 0.5) is 4.79 Å². The third kappa shape index (κ3) is 5.00. The molecule has 116 valence electrons. The monoisotopic (exact) mass is 285 g/mol. The Labute approximate surface area is 121 Å². The van der Waals surface area contributed by atoms with E-state index in [4.69, 9.17) is 4.74 Å². The minimum absolute atomic E-state index is 0.0651. The van der Waals surface area contributed by atoms with Crippen LogP contribution < -0.4 is 10.9 Å². The van der Waals surface area contributed by atoms with Crippen LogP contribution in [0.5, 0.6) is 0 Å². The van der Waals surface area contributed by atoms with Crippen LogP contribution in [0.2, 0.25) is 0 Å². The molecule has 20 heavy (non-hydrogen) atoms. The van der Waals surface area contributed by atoms with E-state index in [-0.39, 0.29) is 17.5 Å². The number of nitrogens with one attached hydrogen (secondary N) is 2. The average molecular weight is 285 g/mol. The van der Waals surface area contributed by atoms with E-state index in [0.29, 0.717) is 0 Å². The first-order valence-electron chi connectivity index (χ1n) is 7.06. The van der Waals surface area contributed by atoms with E-state index in [0.717, 1.165) is 19.4 Å². The molecule has 1 saturated heterocycles. The zero-order valence-electron chi connectivity index (χ0n) is 13.4. The first-order valence-corrected chi connectivity index (χ1v) is 7.06. The highest BCUT2D eigenvalue weighted by molar-refractivity contribution is 5.84. The van der Waals surface area contributed by atoms with Gasteiger partial charge in [-0.05, 0) is 60.9 Å². The number of hydrogen-bond acceptors (Lipinski definition) is 4. The molecular formula is C14H27N3O3. The van der Waals surface area contributed by atoms with E-state index in [1.54, 1.807) is 20.8 Å². The van der Waals surface area contributed by atoms with Crippen molar-refractivity contribution in [3.05, 3.63) is 0 Å². The highest BCUT2D eigenvalue weighted by Gasteiger charge is 2.37. The van der Waals surface area contributed by atoms with Crippen LogP contribution in [0.25, 0.3) is 0 Å². The normalized spacial score (nSPS) is 20.6. The van der Waals surface area contributed by atoms with Crippen molar-refractivity contribution < 1.29 is 14.3 Å². The van der Waals surface area contributed by atoms with Gasteiger partial charge >= 0.3 is 6.09 Å². The molecule has 2 amide bonds. The Bertz CT molecular complexity index is 369. The Morgan fingerprint density at radius 2 is 1.70 bits per heavy atom. The minimum Gasteiger partial charge on any atom is -0.443 e. The Balaban J connectivity index is 2.49. The van der Waals surface area contributed by atoms with Gasteiger partial charge < -0.3 is 4.74 Å². The summed E-state index contributed by atoms with van der Waals surface area (Å²) < 4.78 is 5.07. The molecule has 0 unspecified atom stereocenters. The lowest BCUT2D eigenvalue weighted by atomic mass is 10.0. The molecule has 6 heteroatoms. The molecule has 1 aliphatic heterocycles. The van der Waals surface area contributed by atoms with E-state index in [1.165, 1.54) is 0 Å². The summed E-state index contributed by atoms with van der Waals surface area (Å²) in [7, 11) is 0. The van der Waals surface area contributed by atoms with E-state index in [2.05, 4.69) is 36.5 Å². The van der Waals surface area contributed by atoms with Crippen molar-refractivity contribution in [2.75, 3.05) is 6.54 Å². The van der Waals surface area contributed by atoms with Gasteiger partial charge in [-0.15, -0.1) is 0 Å². The van der Waals surface area contributed by atoms with Gasteiger partial charge in [-0.1, -0.05) is 0 Å². The zero-order valence-corrected chi connectivity index (χ0v) is 13.4. The Kier molecular flexibility index (Phi) is 5.02. The van der Waals surface area contributed by atoms with Gasteiger partial charge in [0.2, 0.25) is 0 Å². The molecule has 0 saturated carbocycles. The third-order valence-electron chi connectivity index (χ3n) is 3.10. The minimum atomic E-state index is -0.647. The van der Waals surface area contributed by atoms with Crippen LogP contribution in [0, 0.1) is 0 Å². The van der Waals surface area contributed by atoms with E-state index in [1.807, 2.05) is 0 Å². The molecule has 0 radical (unpaired) electrons. The summed E-state index contributed by atoms with van der Waals surface area (Å²) in [5.41, 5.74) is 4.10. The summed E-state index contributed by atoms with van der Waals surface area (Å²) in [5, 5.41) is 0. The van der Waals surface area contributed by atoms with Crippen molar-refractivity contribution in [1.29, 1.82) is 0 Å². The van der Waals surface area contributed by atoms with Gasteiger partial charge in [-0.25, -0.2) is 10.2 Å². The number of carbonyl (C=O) groups excluding carboxylic acids is 2. The molecule has 1 rings (SSSR count). The van der Waals surface area contributed by atoms with Crippen molar-refractivity contribution in [1.82, 2.24) is 15.8 Å². The average Bonchev–Trinajstić information content (AvgIpc) is 2.71. The molecule has 1 heterocycles. The van der Waals surface area contributed by atoms with Crippen LogP contribution in [-0.4, -0.2) is 40.6 Å². The van der Waals surface area contributed by atoms with Gasteiger partial charge in [0.25, 0.3) is 5.91 Å².